The topological polar surface area (TPSA) is 42.0 Å². The second-order valence-electron chi connectivity index (χ2n) is 4.83. The summed E-state index contributed by atoms with van der Waals surface area (Å²) >= 11 is 1.78. The molecule has 0 aliphatic heterocycles. The largest absolute Gasteiger partial charge is 0.322 e. The highest BCUT2D eigenvalue weighted by atomic mass is 32.2. The van der Waals surface area contributed by atoms with Gasteiger partial charge in [0.1, 0.15) is 0 Å². The van der Waals surface area contributed by atoms with Crippen LogP contribution in [0.1, 0.15) is 29.9 Å². The van der Waals surface area contributed by atoms with Gasteiger partial charge >= 0.3 is 0 Å². The van der Waals surface area contributed by atoms with E-state index < -0.39 is 0 Å². The monoisotopic (exact) mass is 286 g/mol. The number of hydrogen-bond donors (Lipinski definition) is 1. The summed E-state index contributed by atoms with van der Waals surface area (Å²) in [6.07, 6.45) is 1.69. The number of carbonyl (C=O) groups is 1. The molecular weight excluding hydrogens is 268 g/mol. The predicted octanol–water partition coefficient (Wildman–Crippen LogP) is 4.14. The fraction of sp³-hybridized carbons (Fsp3) is 0.250. The molecule has 0 aliphatic carbocycles. The summed E-state index contributed by atoms with van der Waals surface area (Å²) in [6.45, 7) is 6.20. The van der Waals surface area contributed by atoms with Gasteiger partial charge in [-0.25, -0.2) is 0 Å². The van der Waals surface area contributed by atoms with Crippen LogP contribution >= 0.6 is 11.8 Å². The van der Waals surface area contributed by atoms with E-state index in [0.29, 0.717) is 10.8 Å². The van der Waals surface area contributed by atoms with Gasteiger partial charge in [0.25, 0.3) is 5.91 Å². The maximum Gasteiger partial charge on any atom is 0.255 e. The molecule has 2 rings (SSSR count). The van der Waals surface area contributed by atoms with E-state index in [-0.39, 0.29) is 5.91 Å². The van der Waals surface area contributed by atoms with Crippen LogP contribution in [0.15, 0.2) is 47.5 Å². The molecular formula is C16H18N2OS. The second kappa shape index (κ2) is 6.57. The van der Waals surface area contributed by atoms with Crippen LogP contribution in [0.5, 0.6) is 0 Å². The number of hydrogen-bond acceptors (Lipinski definition) is 3. The third kappa shape index (κ3) is 4.10. The van der Waals surface area contributed by atoms with E-state index >= 15 is 0 Å². The molecule has 20 heavy (non-hydrogen) atoms. The Labute approximate surface area is 123 Å². The molecule has 3 nitrogen and oxygen atoms in total. The van der Waals surface area contributed by atoms with Gasteiger partial charge in [-0.05, 0) is 43.3 Å². The van der Waals surface area contributed by atoms with Crippen molar-refractivity contribution in [2.75, 3.05) is 5.32 Å². The fourth-order valence-corrected chi connectivity index (χ4v) is 2.62. The Kier molecular flexibility index (Phi) is 4.79. The minimum Gasteiger partial charge on any atom is -0.322 e. The van der Waals surface area contributed by atoms with Gasteiger partial charge in [0.05, 0.1) is 0 Å². The molecule has 0 aliphatic rings. The zero-order valence-electron chi connectivity index (χ0n) is 11.9. The first-order chi connectivity index (χ1) is 9.54. The van der Waals surface area contributed by atoms with E-state index in [1.807, 2.05) is 37.3 Å². The van der Waals surface area contributed by atoms with Gasteiger partial charge in [-0.2, -0.15) is 0 Å². The van der Waals surface area contributed by atoms with Gasteiger partial charge in [0.2, 0.25) is 0 Å². The van der Waals surface area contributed by atoms with E-state index in [2.05, 4.69) is 24.1 Å². The maximum absolute atomic E-state index is 12.1. The Bertz CT molecular complexity index is 594. The van der Waals surface area contributed by atoms with Crippen molar-refractivity contribution in [1.29, 1.82) is 0 Å². The van der Waals surface area contributed by atoms with Gasteiger partial charge in [0, 0.05) is 33.3 Å². The lowest BCUT2D eigenvalue weighted by Crippen LogP contribution is -2.11. The zero-order valence-corrected chi connectivity index (χ0v) is 12.7. The summed E-state index contributed by atoms with van der Waals surface area (Å²) in [5.41, 5.74) is 2.31. The number of nitrogens with one attached hydrogen (secondary N) is 1. The molecule has 0 spiro atoms. The molecule has 1 N–H and O–H groups in total. The van der Waals surface area contributed by atoms with Crippen molar-refractivity contribution in [2.24, 2.45) is 0 Å². The second-order valence-corrected chi connectivity index (χ2v) is 6.48. The minimum atomic E-state index is -0.100. The van der Waals surface area contributed by atoms with Crippen molar-refractivity contribution in [3.8, 4) is 0 Å². The summed E-state index contributed by atoms with van der Waals surface area (Å²) in [6, 6.07) is 11.3. The molecule has 0 bridgehead atoms. The Morgan fingerprint density at radius 2 is 1.90 bits per heavy atom. The zero-order chi connectivity index (χ0) is 14.5. The first-order valence-corrected chi connectivity index (χ1v) is 7.43. The Morgan fingerprint density at radius 1 is 1.20 bits per heavy atom. The predicted molar refractivity (Wildman–Crippen MR) is 84.4 cm³/mol. The number of nitrogens with zero attached hydrogens (tertiary/aromatic N) is 1. The summed E-state index contributed by atoms with van der Waals surface area (Å²) in [4.78, 5) is 17.4. The SMILES string of the molecule is Cc1cc(NC(=O)c2ccc(SC(C)C)cc2)ccn1. The van der Waals surface area contributed by atoms with Gasteiger partial charge < -0.3 is 5.32 Å². The molecule has 1 aromatic carbocycles. The molecule has 0 radical (unpaired) electrons. The summed E-state index contributed by atoms with van der Waals surface area (Å²) < 4.78 is 0. The Hall–Kier alpha value is -1.81. The van der Waals surface area contributed by atoms with Crippen molar-refractivity contribution in [3.05, 3.63) is 53.9 Å². The van der Waals surface area contributed by atoms with Crippen LogP contribution in [0.3, 0.4) is 0 Å². The highest BCUT2D eigenvalue weighted by molar-refractivity contribution is 7.99. The minimum absolute atomic E-state index is 0.100. The van der Waals surface area contributed by atoms with Crippen LogP contribution in [-0.2, 0) is 0 Å². The average Bonchev–Trinajstić information content (AvgIpc) is 2.38. The van der Waals surface area contributed by atoms with Crippen molar-refractivity contribution >= 4 is 23.4 Å². The number of carbonyl (C=O) groups excluding carboxylic acids is 1. The molecule has 0 saturated heterocycles. The molecule has 0 unspecified atom stereocenters. The number of anilines is 1. The molecule has 1 aromatic heterocycles. The number of pyridine rings is 1. The number of aryl methyl sites for hydroxylation is 1. The van der Waals surface area contributed by atoms with Gasteiger partial charge in [-0.15, -0.1) is 11.8 Å². The van der Waals surface area contributed by atoms with E-state index in [9.17, 15) is 4.79 Å². The number of benzene rings is 1. The van der Waals surface area contributed by atoms with Crippen molar-refractivity contribution < 1.29 is 4.79 Å². The molecule has 4 heteroatoms. The molecule has 0 atom stereocenters. The number of amides is 1. The quantitative estimate of drug-likeness (QED) is 0.859. The molecule has 2 aromatic rings. The summed E-state index contributed by atoms with van der Waals surface area (Å²) in [5.74, 6) is -0.100. The molecule has 1 heterocycles. The van der Waals surface area contributed by atoms with Crippen LogP contribution < -0.4 is 5.32 Å². The molecule has 104 valence electrons. The van der Waals surface area contributed by atoms with E-state index in [1.165, 1.54) is 4.90 Å². The highest BCUT2D eigenvalue weighted by Crippen LogP contribution is 2.23. The van der Waals surface area contributed by atoms with E-state index in [4.69, 9.17) is 0 Å². The first kappa shape index (κ1) is 14.6. The van der Waals surface area contributed by atoms with Crippen molar-refractivity contribution in [3.63, 3.8) is 0 Å². The molecule has 0 saturated carbocycles. The van der Waals surface area contributed by atoms with Crippen LogP contribution in [-0.4, -0.2) is 16.1 Å². The van der Waals surface area contributed by atoms with Gasteiger partial charge in [-0.3, -0.25) is 9.78 Å². The lowest BCUT2D eigenvalue weighted by molar-refractivity contribution is 0.102. The van der Waals surface area contributed by atoms with Gasteiger partial charge in [0.15, 0.2) is 0 Å². The molecule has 0 fully saturated rings. The van der Waals surface area contributed by atoms with Crippen LogP contribution in [0.4, 0.5) is 5.69 Å². The van der Waals surface area contributed by atoms with Crippen molar-refractivity contribution in [1.82, 2.24) is 4.98 Å². The first-order valence-electron chi connectivity index (χ1n) is 6.55. The number of aromatic nitrogens is 1. The van der Waals surface area contributed by atoms with E-state index in [0.717, 1.165) is 11.4 Å². The van der Waals surface area contributed by atoms with Crippen LogP contribution in [0.25, 0.3) is 0 Å². The smallest absolute Gasteiger partial charge is 0.255 e. The number of rotatable bonds is 4. The van der Waals surface area contributed by atoms with Crippen molar-refractivity contribution in [2.45, 2.75) is 30.9 Å². The Balaban J connectivity index is 2.06. The summed E-state index contributed by atoms with van der Waals surface area (Å²) in [7, 11) is 0. The third-order valence-electron chi connectivity index (χ3n) is 2.64. The average molecular weight is 286 g/mol. The van der Waals surface area contributed by atoms with Crippen LogP contribution in [0.2, 0.25) is 0 Å². The normalized spacial score (nSPS) is 10.6. The van der Waals surface area contributed by atoms with Crippen LogP contribution in [0, 0.1) is 6.92 Å². The lowest BCUT2D eigenvalue weighted by atomic mass is 10.2. The Morgan fingerprint density at radius 3 is 2.50 bits per heavy atom. The highest BCUT2D eigenvalue weighted by Gasteiger charge is 2.07. The standard InChI is InChI=1S/C16H18N2OS/c1-11(2)20-15-6-4-13(5-7-15)16(19)18-14-8-9-17-12(3)10-14/h4-11H,1-3H3,(H,17,18,19). The lowest BCUT2D eigenvalue weighted by Gasteiger charge is -2.07. The third-order valence-corrected chi connectivity index (χ3v) is 3.66. The maximum atomic E-state index is 12.1. The number of thioether (sulfide) groups is 1. The van der Waals surface area contributed by atoms with E-state index in [1.54, 1.807) is 24.0 Å². The fourth-order valence-electron chi connectivity index (χ4n) is 1.78. The molecule has 1 amide bonds. The summed E-state index contributed by atoms with van der Waals surface area (Å²) in [5, 5.41) is 3.41. The van der Waals surface area contributed by atoms with Gasteiger partial charge in [-0.1, -0.05) is 13.8 Å².